The zero-order valence-corrected chi connectivity index (χ0v) is 38.7. The summed E-state index contributed by atoms with van der Waals surface area (Å²) in [5, 5.41) is 15.1. The van der Waals surface area contributed by atoms with Gasteiger partial charge >= 0.3 is 6.18 Å². The van der Waals surface area contributed by atoms with Gasteiger partial charge in [-0.1, -0.05) is 149 Å². The predicted molar refractivity (Wildman–Crippen MR) is 277 cm³/mol. The fourth-order valence-electron chi connectivity index (χ4n) is 12.4. The van der Waals surface area contributed by atoms with E-state index in [1.54, 1.807) is 0 Å². The van der Waals surface area contributed by atoms with E-state index in [-0.39, 0.29) is 16.5 Å². The van der Waals surface area contributed by atoms with Gasteiger partial charge in [0.1, 0.15) is 0 Å². The third kappa shape index (κ3) is 5.58. The van der Waals surface area contributed by atoms with Crippen molar-refractivity contribution in [2.24, 2.45) is 0 Å². The van der Waals surface area contributed by atoms with Crippen LogP contribution in [-0.4, -0.2) is 9.13 Å². The number of hydrogen-bond acceptors (Lipinski definition) is 1. The molecule has 0 atom stereocenters. The van der Waals surface area contributed by atoms with Crippen LogP contribution < -0.4 is 0 Å². The molecule has 7 heteroatoms. The van der Waals surface area contributed by atoms with Crippen LogP contribution in [0, 0.1) is 17.9 Å². The van der Waals surface area contributed by atoms with E-state index in [1.165, 1.54) is 50.6 Å². The highest BCUT2D eigenvalue weighted by molar-refractivity contribution is 6.16. The molecule has 4 nitrogen and oxygen atoms in total. The summed E-state index contributed by atoms with van der Waals surface area (Å²) >= 11 is 0. The molecular weight excluding hydrogens is 870 g/mol. The van der Waals surface area contributed by atoms with Crippen LogP contribution in [0.4, 0.5) is 18.9 Å². The second-order valence-electron chi connectivity index (χ2n) is 19.7. The number of hydrogen-bond donors (Lipinski definition) is 0. The topological polar surface area (TPSA) is 38.0 Å². The van der Waals surface area contributed by atoms with Gasteiger partial charge in [0, 0.05) is 49.1 Å². The minimum Gasteiger partial charge on any atom is -0.309 e. The summed E-state index contributed by atoms with van der Waals surface area (Å²) in [4.78, 5) is 3.65. The molecule has 2 aromatic heterocycles. The van der Waals surface area contributed by atoms with Gasteiger partial charge < -0.3 is 9.13 Å². The number of nitriles is 1. The second kappa shape index (κ2) is 14.4. The number of nitrogens with zero attached hydrogens (tertiary/aromatic N) is 4. The van der Waals surface area contributed by atoms with Gasteiger partial charge in [-0.05, 0) is 110 Å². The lowest BCUT2D eigenvalue weighted by molar-refractivity contribution is -0.137. The zero-order chi connectivity index (χ0) is 48.0. The highest BCUT2D eigenvalue weighted by atomic mass is 19.4. The molecule has 0 saturated heterocycles. The highest BCUT2D eigenvalue weighted by Gasteiger charge is 2.40. The van der Waals surface area contributed by atoms with E-state index >= 15 is 0 Å². The lowest BCUT2D eigenvalue weighted by Crippen LogP contribution is -2.15. The van der Waals surface area contributed by atoms with Crippen molar-refractivity contribution in [3.05, 3.63) is 221 Å². The van der Waals surface area contributed by atoms with E-state index in [0.29, 0.717) is 16.7 Å². The number of fused-ring (bicyclic) bond motifs is 14. The van der Waals surface area contributed by atoms with Crippen LogP contribution >= 0.6 is 0 Å². The standard InChI is InChI=1S/C63H41F3N4/c1-61(2)48-18-10-6-14-40(48)43-27-30-54-57(59(43)61)45-16-8-12-20-51(45)69(54)53-29-23-37(39-26-24-38(63(64,65)66)34-50(39)68-5)33-47(53)42-25-22-36(35-67)32-56(42)70-52-21-13-9-17-46(52)58-55(70)31-28-44-41-15-7-11-19-49(41)62(3,4)60(44)58/h6-34H,1-4H3. The van der Waals surface area contributed by atoms with Gasteiger partial charge in [0.15, 0.2) is 5.69 Å². The summed E-state index contributed by atoms with van der Waals surface area (Å²) in [5.74, 6) is 0. The van der Waals surface area contributed by atoms with Gasteiger partial charge in [-0.15, -0.1) is 0 Å². The number of para-hydroxylation sites is 2. The van der Waals surface area contributed by atoms with Crippen LogP contribution in [0.15, 0.2) is 176 Å². The van der Waals surface area contributed by atoms with Crippen LogP contribution in [0.1, 0.15) is 61.1 Å². The minimum absolute atomic E-state index is 0.0948. The van der Waals surface area contributed by atoms with Crippen molar-refractivity contribution in [2.45, 2.75) is 44.7 Å². The first kappa shape index (κ1) is 41.5. The van der Waals surface area contributed by atoms with E-state index < -0.39 is 11.7 Å². The van der Waals surface area contributed by atoms with E-state index in [4.69, 9.17) is 6.57 Å². The van der Waals surface area contributed by atoms with Gasteiger partial charge in [-0.3, -0.25) is 0 Å². The molecule has 0 aliphatic heterocycles. The fourth-order valence-corrected chi connectivity index (χ4v) is 12.4. The summed E-state index contributed by atoms with van der Waals surface area (Å²) in [6, 6.07) is 60.6. The van der Waals surface area contributed by atoms with Crippen molar-refractivity contribution in [3.63, 3.8) is 0 Å². The molecule has 2 heterocycles. The quantitative estimate of drug-likeness (QED) is 0.162. The number of aromatic nitrogens is 2. The molecule has 0 unspecified atom stereocenters. The first-order valence-corrected chi connectivity index (χ1v) is 23.4. The third-order valence-corrected chi connectivity index (χ3v) is 15.4. The first-order chi connectivity index (χ1) is 33.8. The summed E-state index contributed by atoms with van der Waals surface area (Å²) in [6.45, 7) is 17.3. The molecule has 13 rings (SSSR count). The van der Waals surface area contributed by atoms with Crippen molar-refractivity contribution in [3.8, 4) is 62.0 Å². The Kier molecular flexibility index (Phi) is 8.56. The third-order valence-electron chi connectivity index (χ3n) is 15.4. The minimum atomic E-state index is -4.61. The fraction of sp³-hybridized carbons (Fsp3) is 0.111. The Labute approximate surface area is 402 Å². The lowest BCUT2D eigenvalue weighted by atomic mass is 9.80. The Hall–Kier alpha value is -8.65. The number of rotatable bonds is 4. The molecule has 0 fully saturated rings. The van der Waals surface area contributed by atoms with E-state index in [9.17, 15) is 18.4 Å². The van der Waals surface area contributed by atoms with E-state index in [0.717, 1.165) is 78.2 Å². The number of halogens is 3. The van der Waals surface area contributed by atoms with E-state index in [1.807, 2.05) is 42.5 Å². The van der Waals surface area contributed by atoms with Gasteiger partial charge in [-0.2, -0.15) is 18.4 Å². The smallest absolute Gasteiger partial charge is 0.309 e. The largest absolute Gasteiger partial charge is 0.415 e. The Morgan fingerprint density at radius 3 is 1.56 bits per heavy atom. The molecule has 0 saturated carbocycles. The molecule has 0 bridgehead atoms. The average molecular weight is 911 g/mol. The van der Waals surface area contributed by atoms with Crippen molar-refractivity contribution in [1.82, 2.24) is 9.13 Å². The maximum Gasteiger partial charge on any atom is 0.415 e. The molecule has 0 amide bonds. The molecule has 11 aromatic rings. The molecule has 2 aliphatic carbocycles. The normalized spacial score (nSPS) is 14.1. The van der Waals surface area contributed by atoms with Crippen LogP contribution in [0.2, 0.25) is 0 Å². The predicted octanol–water partition coefficient (Wildman–Crippen LogP) is 17.3. The zero-order valence-electron chi connectivity index (χ0n) is 38.7. The molecule has 0 radical (unpaired) electrons. The van der Waals surface area contributed by atoms with Crippen molar-refractivity contribution in [2.75, 3.05) is 0 Å². The Morgan fingerprint density at radius 1 is 0.486 bits per heavy atom. The maximum atomic E-state index is 14.1. The van der Waals surface area contributed by atoms with E-state index in [2.05, 4.69) is 163 Å². The van der Waals surface area contributed by atoms with Crippen LogP contribution in [0.25, 0.3) is 104 Å². The monoisotopic (exact) mass is 910 g/mol. The average Bonchev–Trinajstić information content (AvgIpc) is 4.04. The summed E-state index contributed by atoms with van der Waals surface area (Å²) in [5.41, 5.74) is 16.9. The second-order valence-corrected chi connectivity index (χ2v) is 19.7. The SMILES string of the molecule is [C-]#[N+]c1cc(C(F)(F)F)ccc1-c1ccc(-n2c3ccccc3c3c4c(ccc32)-c2ccccc2C4(C)C)c(-c2ccc(C#N)cc2-n2c3ccccc3c3c4c(ccc32)-c2ccccc2C4(C)C)c1. The lowest BCUT2D eigenvalue weighted by Gasteiger charge is -2.23. The Morgan fingerprint density at radius 2 is 1.00 bits per heavy atom. The van der Waals surface area contributed by atoms with Crippen LogP contribution in [-0.2, 0) is 17.0 Å². The summed E-state index contributed by atoms with van der Waals surface area (Å²) < 4.78 is 46.9. The number of benzene rings is 9. The van der Waals surface area contributed by atoms with Crippen molar-refractivity contribution in [1.29, 1.82) is 5.26 Å². The van der Waals surface area contributed by atoms with Crippen molar-refractivity contribution < 1.29 is 13.2 Å². The summed E-state index contributed by atoms with van der Waals surface area (Å²) in [6.07, 6.45) is -4.61. The van der Waals surface area contributed by atoms with Crippen LogP contribution in [0.3, 0.4) is 0 Å². The van der Waals surface area contributed by atoms with Gasteiger partial charge in [-0.25, -0.2) is 4.85 Å². The van der Waals surface area contributed by atoms with Gasteiger partial charge in [0.05, 0.1) is 51.6 Å². The molecule has 2 aliphatic rings. The molecule has 9 aromatic carbocycles. The van der Waals surface area contributed by atoms with Crippen LogP contribution in [0.5, 0.6) is 0 Å². The molecule has 334 valence electrons. The van der Waals surface area contributed by atoms with Gasteiger partial charge in [0.25, 0.3) is 0 Å². The number of alkyl halides is 3. The first-order valence-electron chi connectivity index (χ1n) is 23.4. The summed E-state index contributed by atoms with van der Waals surface area (Å²) in [7, 11) is 0. The molecule has 70 heavy (non-hydrogen) atoms. The highest BCUT2D eigenvalue weighted by Crippen LogP contribution is 2.56. The Balaban J connectivity index is 1.15. The van der Waals surface area contributed by atoms with Crippen molar-refractivity contribution >= 4 is 49.3 Å². The molecule has 0 N–H and O–H groups in total. The Bertz CT molecular complexity index is 4200. The maximum absolute atomic E-state index is 14.1. The molecular formula is C63H41F3N4. The molecule has 0 spiro atoms. The van der Waals surface area contributed by atoms with Gasteiger partial charge in [0.2, 0.25) is 0 Å².